The minimum atomic E-state index is 0.134. The van der Waals surface area contributed by atoms with Gasteiger partial charge in [-0.3, -0.25) is 0 Å². The van der Waals surface area contributed by atoms with Crippen LogP contribution in [0.2, 0.25) is 0 Å². The van der Waals surface area contributed by atoms with E-state index in [1.807, 2.05) is 0 Å². The molecule has 3 nitrogen and oxygen atoms in total. The average molecular weight is 302 g/mol. The molecular weight excluding hydrogens is 264 g/mol. The predicted octanol–water partition coefficient (Wildman–Crippen LogP) is 4.54. The van der Waals surface area contributed by atoms with E-state index in [0.29, 0.717) is 31.8 Å². The van der Waals surface area contributed by atoms with Crippen LogP contribution < -0.4 is 0 Å². The number of rotatable bonds is 13. The Labute approximate surface area is 132 Å². The Morgan fingerprint density at radius 2 is 1.33 bits per heavy atom. The largest absolute Gasteiger partial charge is 0.382 e. The van der Waals surface area contributed by atoms with Gasteiger partial charge in [-0.25, -0.2) is 0 Å². The molecule has 0 aromatic rings. The Hall–Kier alpha value is -0.120. The van der Waals surface area contributed by atoms with Crippen LogP contribution in [0.1, 0.15) is 60.8 Å². The summed E-state index contributed by atoms with van der Waals surface area (Å²) in [5.74, 6) is 2.15. The lowest BCUT2D eigenvalue weighted by Crippen LogP contribution is -2.26. The summed E-state index contributed by atoms with van der Waals surface area (Å²) >= 11 is 0. The molecule has 0 aliphatic heterocycles. The van der Waals surface area contributed by atoms with Crippen LogP contribution in [0.5, 0.6) is 0 Å². The van der Waals surface area contributed by atoms with Crippen molar-refractivity contribution in [1.29, 1.82) is 0 Å². The van der Waals surface area contributed by atoms with Gasteiger partial charge >= 0.3 is 0 Å². The molecule has 0 radical (unpaired) electrons. The molecule has 0 aromatic carbocycles. The molecule has 3 atom stereocenters. The molecule has 0 saturated heterocycles. The van der Waals surface area contributed by atoms with Gasteiger partial charge in [-0.2, -0.15) is 0 Å². The van der Waals surface area contributed by atoms with E-state index in [4.69, 9.17) is 14.2 Å². The second kappa shape index (κ2) is 12.4. The van der Waals surface area contributed by atoms with Crippen molar-refractivity contribution in [3.8, 4) is 0 Å². The van der Waals surface area contributed by atoms with Crippen LogP contribution in [0.4, 0.5) is 0 Å². The smallest absolute Gasteiger partial charge is 0.0781 e. The van der Waals surface area contributed by atoms with Crippen molar-refractivity contribution < 1.29 is 14.2 Å². The molecule has 0 bridgehead atoms. The third kappa shape index (κ3) is 13.3. The van der Waals surface area contributed by atoms with Gasteiger partial charge in [0, 0.05) is 7.11 Å². The van der Waals surface area contributed by atoms with E-state index >= 15 is 0 Å². The second-order valence-electron chi connectivity index (χ2n) is 7.23. The molecule has 128 valence electrons. The third-order valence-corrected chi connectivity index (χ3v) is 3.53. The zero-order valence-corrected chi connectivity index (χ0v) is 15.4. The Morgan fingerprint density at radius 3 is 1.86 bits per heavy atom. The van der Waals surface area contributed by atoms with Crippen LogP contribution in [-0.2, 0) is 14.2 Å². The molecule has 0 aromatic heterocycles. The molecule has 3 unspecified atom stereocenters. The normalized spacial score (nSPS) is 16.4. The van der Waals surface area contributed by atoms with Crippen LogP contribution in [0, 0.1) is 17.8 Å². The van der Waals surface area contributed by atoms with Crippen molar-refractivity contribution in [2.24, 2.45) is 17.8 Å². The van der Waals surface area contributed by atoms with E-state index in [-0.39, 0.29) is 6.10 Å². The first-order chi connectivity index (χ1) is 9.85. The van der Waals surface area contributed by atoms with Gasteiger partial charge in [0.05, 0.1) is 32.0 Å². The van der Waals surface area contributed by atoms with E-state index in [1.165, 1.54) is 6.42 Å². The number of ether oxygens (including phenoxy) is 3. The zero-order valence-electron chi connectivity index (χ0n) is 15.4. The molecular formula is C18H38O3. The molecule has 0 amide bonds. The molecule has 0 heterocycles. The van der Waals surface area contributed by atoms with E-state index in [2.05, 4.69) is 41.5 Å². The minimum Gasteiger partial charge on any atom is -0.382 e. The maximum Gasteiger partial charge on any atom is 0.0781 e. The first-order valence-electron chi connectivity index (χ1n) is 8.57. The summed E-state index contributed by atoms with van der Waals surface area (Å²) in [5.41, 5.74) is 0. The Morgan fingerprint density at radius 1 is 0.714 bits per heavy atom. The lowest BCUT2D eigenvalue weighted by Gasteiger charge is -2.25. The van der Waals surface area contributed by atoms with Gasteiger partial charge in [0.15, 0.2) is 0 Å². The molecule has 21 heavy (non-hydrogen) atoms. The molecule has 0 spiro atoms. The molecule has 0 N–H and O–H groups in total. The molecule has 0 saturated carbocycles. The SMILES string of the molecule is COCCOC(C)COC(CC(C)C)CC(C)CC(C)C. The standard InChI is InChI=1S/C18H38O3/c1-14(2)10-16(5)12-18(11-15(3)4)21-13-17(6)20-9-8-19-7/h14-18H,8-13H2,1-7H3. The Kier molecular flexibility index (Phi) is 12.4. The van der Waals surface area contributed by atoms with E-state index in [0.717, 1.165) is 24.7 Å². The fourth-order valence-electron chi connectivity index (χ4n) is 2.76. The van der Waals surface area contributed by atoms with Gasteiger partial charge in [-0.15, -0.1) is 0 Å². The van der Waals surface area contributed by atoms with Crippen molar-refractivity contribution >= 4 is 0 Å². The van der Waals surface area contributed by atoms with Gasteiger partial charge in [0.2, 0.25) is 0 Å². The van der Waals surface area contributed by atoms with Gasteiger partial charge in [-0.05, 0) is 43.9 Å². The summed E-state index contributed by atoms with van der Waals surface area (Å²) in [7, 11) is 1.69. The topological polar surface area (TPSA) is 27.7 Å². The van der Waals surface area contributed by atoms with E-state index in [9.17, 15) is 0 Å². The monoisotopic (exact) mass is 302 g/mol. The predicted molar refractivity (Wildman–Crippen MR) is 89.7 cm³/mol. The van der Waals surface area contributed by atoms with Crippen LogP contribution >= 0.6 is 0 Å². The summed E-state index contributed by atoms with van der Waals surface area (Å²) in [4.78, 5) is 0. The van der Waals surface area contributed by atoms with Crippen molar-refractivity contribution in [2.75, 3.05) is 26.9 Å². The van der Waals surface area contributed by atoms with E-state index in [1.54, 1.807) is 7.11 Å². The van der Waals surface area contributed by atoms with E-state index < -0.39 is 0 Å². The van der Waals surface area contributed by atoms with Gasteiger partial charge in [-0.1, -0.05) is 34.6 Å². The number of hydrogen-bond acceptors (Lipinski definition) is 3. The van der Waals surface area contributed by atoms with Crippen molar-refractivity contribution in [3.63, 3.8) is 0 Å². The molecule has 0 aliphatic rings. The third-order valence-electron chi connectivity index (χ3n) is 3.53. The fourth-order valence-corrected chi connectivity index (χ4v) is 2.76. The maximum atomic E-state index is 6.13. The van der Waals surface area contributed by atoms with Gasteiger partial charge in [0.25, 0.3) is 0 Å². The van der Waals surface area contributed by atoms with Crippen molar-refractivity contribution in [1.82, 2.24) is 0 Å². The number of hydrogen-bond donors (Lipinski definition) is 0. The van der Waals surface area contributed by atoms with Gasteiger partial charge in [0.1, 0.15) is 0 Å². The van der Waals surface area contributed by atoms with Crippen LogP contribution in [0.15, 0.2) is 0 Å². The van der Waals surface area contributed by atoms with Gasteiger partial charge < -0.3 is 14.2 Å². The highest BCUT2D eigenvalue weighted by Crippen LogP contribution is 2.22. The highest BCUT2D eigenvalue weighted by Gasteiger charge is 2.17. The zero-order chi connectivity index (χ0) is 16.3. The summed E-state index contributed by atoms with van der Waals surface area (Å²) in [6, 6.07) is 0. The average Bonchev–Trinajstić information content (AvgIpc) is 2.34. The van der Waals surface area contributed by atoms with Crippen LogP contribution in [0.3, 0.4) is 0 Å². The summed E-state index contributed by atoms with van der Waals surface area (Å²) < 4.78 is 16.8. The minimum absolute atomic E-state index is 0.134. The summed E-state index contributed by atoms with van der Waals surface area (Å²) in [6.07, 6.45) is 4.05. The Balaban J connectivity index is 4.10. The summed E-state index contributed by atoms with van der Waals surface area (Å²) in [5, 5.41) is 0. The van der Waals surface area contributed by atoms with Crippen LogP contribution in [-0.4, -0.2) is 39.1 Å². The highest BCUT2D eigenvalue weighted by molar-refractivity contribution is 4.67. The second-order valence-corrected chi connectivity index (χ2v) is 7.23. The van der Waals surface area contributed by atoms with Crippen LogP contribution in [0.25, 0.3) is 0 Å². The maximum absolute atomic E-state index is 6.13. The fraction of sp³-hybridized carbons (Fsp3) is 1.00. The first kappa shape index (κ1) is 20.9. The van der Waals surface area contributed by atoms with Crippen molar-refractivity contribution in [2.45, 2.75) is 73.0 Å². The quantitative estimate of drug-likeness (QED) is 0.467. The van der Waals surface area contributed by atoms with Crippen molar-refractivity contribution in [3.05, 3.63) is 0 Å². The lowest BCUT2D eigenvalue weighted by molar-refractivity contribution is -0.0571. The highest BCUT2D eigenvalue weighted by atomic mass is 16.5. The molecule has 0 fully saturated rings. The number of methoxy groups -OCH3 is 1. The summed E-state index contributed by atoms with van der Waals surface area (Å²) in [6.45, 7) is 15.5. The molecule has 0 rings (SSSR count). The molecule has 3 heteroatoms. The first-order valence-corrected chi connectivity index (χ1v) is 8.57. The lowest BCUT2D eigenvalue weighted by atomic mass is 9.91. The molecule has 0 aliphatic carbocycles. The Bertz CT molecular complexity index is 229.